The SMILES string of the molecule is CSc1nnc(N2C(N)=C(C#N)C(c3cc(Br)ccc3F)C3=C2CC(C)(C)CC3=O)s1. The lowest BCUT2D eigenvalue weighted by atomic mass is 9.68. The Balaban J connectivity index is 2.01. The van der Waals surface area contributed by atoms with Crippen molar-refractivity contribution in [2.24, 2.45) is 11.1 Å². The van der Waals surface area contributed by atoms with Gasteiger partial charge in [-0.3, -0.25) is 9.69 Å². The van der Waals surface area contributed by atoms with Gasteiger partial charge >= 0.3 is 0 Å². The van der Waals surface area contributed by atoms with Crippen LogP contribution in [-0.2, 0) is 4.79 Å². The van der Waals surface area contributed by atoms with Gasteiger partial charge in [0.2, 0.25) is 5.13 Å². The Morgan fingerprint density at radius 2 is 2.13 bits per heavy atom. The maximum atomic E-state index is 14.9. The molecule has 2 aliphatic rings. The quantitative estimate of drug-likeness (QED) is 0.563. The summed E-state index contributed by atoms with van der Waals surface area (Å²) in [7, 11) is 0. The molecule has 0 bridgehead atoms. The van der Waals surface area contributed by atoms with Gasteiger partial charge in [0, 0.05) is 27.7 Å². The second-order valence-electron chi connectivity index (χ2n) is 8.20. The molecule has 1 aliphatic heterocycles. The number of aromatic nitrogens is 2. The van der Waals surface area contributed by atoms with Gasteiger partial charge in [0.1, 0.15) is 11.6 Å². The van der Waals surface area contributed by atoms with Gasteiger partial charge in [-0.15, -0.1) is 10.2 Å². The fraction of sp³-hybridized carbons (Fsp3) is 0.333. The van der Waals surface area contributed by atoms with Crippen LogP contribution < -0.4 is 10.6 Å². The first-order valence-electron chi connectivity index (χ1n) is 9.45. The molecule has 1 atom stereocenters. The van der Waals surface area contributed by atoms with Gasteiger partial charge in [0.05, 0.1) is 17.6 Å². The summed E-state index contributed by atoms with van der Waals surface area (Å²) >= 11 is 6.16. The van der Waals surface area contributed by atoms with Crippen molar-refractivity contribution in [1.29, 1.82) is 5.26 Å². The average Bonchev–Trinajstić information content (AvgIpc) is 3.16. The fourth-order valence-electron chi connectivity index (χ4n) is 4.15. The number of nitrogens with zero attached hydrogens (tertiary/aromatic N) is 4. The van der Waals surface area contributed by atoms with E-state index >= 15 is 0 Å². The Kier molecular flexibility index (Phi) is 5.70. The number of halogens is 2. The lowest BCUT2D eigenvalue weighted by Crippen LogP contribution is -2.42. The van der Waals surface area contributed by atoms with E-state index in [9.17, 15) is 14.4 Å². The molecule has 10 heteroatoms. The van der Waals surface area contributed by atoms with E-state index in [0.717, 1.165) is 4.34 Å². The summed E-state index contributed by atoms with van der Waals surface area (Å²) in [6.45, 7) is 4.02. The van der Waals surface area contributed by atoms with E-state index in [1.54, 1.807) is 17.0 Å². The second kappa shape index (κ2) is 8.04. The zero-order valence-electron chi connectivity index (χ0n) is 17.1. The number of hydrogen-bond donors (Lipinski definition) is 1. The van der Waals surface area contributed by atoms with Crippen LogP contribution in [0.5, 0.6) is 0 Å². The molecule has 2 N–H and O–H groups in total. The van der Waals surface area contributed by atoms with E-state index in [1.807, 2.05) is 20.1 Å². The third kappa shape index (κ3) is 3.79. The first-order valence-corrected chi connectivity index (χ1v) is 12.3. The molecule has 0 fully saturated rings. The third-order valence-corrected chi connectivity index (χ3v) is 7.79. The van der Waals surface area contributed by atoms with Crippen molar-refractivity contribution in [3.63, 3.8) is 0 Å². The topological polar surface area (TPSA) is 95.9 Å². The molecule has 1 aliphatic carbocycles. The standard InChI is InChI=1S/C21H19BrFN5OS2/c1-21(2)7-14-17(15(29)8-21)16(11-6-10(22)4-5-13(11)23)12(9-24)18(25)28(14)19-26-27-20(30-3)31-19/h4-6,16H,7-8,25H2,1-3H3. The van der Waals surface area contributed by atoms with Gasteiger partial charge < -0.3 is 5.73 Å². The van der Waals surface area contributed by atoms with Crippen LogP contribution in [0.4, 0.5) is 9.52 Å². The molecular formula is C21H19BrFN5OS2. The summed E-state index contributed by atoms with van der Waals surface area (Å²) in [5, 5.41) is 18.9. The molecule has 1 unspecified atom stereocenters. The molecule has 0 saturated heterocycles. The molecule has 1 aromatic carbocycles. The van der Waals surface area contributed by atoms with Crippen molar-refractivity contribution >= 4 is 49.9 Å². The number of carbonyl (C=O) groups is 1. The largest absolute Gasteiger partial charge is 0.384 e. The molecule has 6 nitrogen and oxygen atoms in total. The monoisotopic (exact) mass is 519 g/mol. The second-order valence-corrected chi connectivity index (χ2v) is 11.1. The highest BCUT2D eigenvalue weighted by Crippen LogP contribution is 2.51. The summed E-state index contributed by atoms with van der Waals surface area (Å²) in [6.07, 6.45) is 2.73. The van der Waals surface area contributed by atoms with Crippen LogP contribution in [-0.4, -0.2) is 22.2 Å². The summed E-state index contributed by atoms with van der Waals surface area (Å²) in [4.78, 5) is 15.1. The Labute approximate surface area is 196 Å². The summed E-state index contributed by atoms with van der Waals surface area (Å²) < 4.78 is 16.3. The molecular weight excluding hydrogens is 501 g/mol. The number of nitriles is 1. The normalized spacial score (nSPS) is 20.7. The van der Waals surface area contributed by atoms with Gasteiger partial charge in [-0.05, 0) is 36.3 Å². The number of nitrogens with two attached hydrogens (primary N) is 1. The number of ketones is 1. The van der Waals surface area contributed by atoms with Crippen molar-refractivity contribution < 1.29 is 9.18 Å². The van der Waals surface area contributed by atoms with Crippen molar-refractivity contribution in [3.8, 4) is 6.07 Å². The van der Waals surface area contributed by atoms with Crippen LogP contribution in [0.15, 0.2) is 49.7 Å². The molecule has 2 heterocycles. The van der Waals surface area contributed by atoms with Gasteiger partial charge in [-0.1, -0.05) is 52.9 Å². The minimum atomic E-state index is -0.870. The van der Waals surface area contributed by atoms with Crippen LogP contribution in [0.25, 0.3) is 0 Å². The van der Waals surface area contributed by atoms with Gasteiger partial charge in [-0.2, -0.15) is 5.26 Å². The molecule has 0 amide bonds. The molecule has 0 spiro atoms. The van der Waals surface area contributed by atoms with Gasteiger partial charge in [-0.25, -0.2) is 4.39 Å². The van der Waals surface area contributed by atoms with E-state index in [4.69, 9.17) is 5.73 Å². The van der Waals surface area contributed by atoms with Crippen LogP contribution in [0.2, 0.25) is 0 Å². The van der Waals surface area contributed by atoms with Crippen molar-refractivity contribution in [1.82, 2.24) is 10.2 Å². The van der Waals surface area contributed by atoms with E-state index in [2.05, 4.69) is 32.2 Å². The molecule has 160 valence electrons. The van der Waals surface area contributed by atoms with Crippen LogP contribution in [0.1, 0.15) is 38.2 Å². The molecule has 4 rings (SSSR count). The number of thioether (sulfide) groups is 1. The minimum absolute atomic E-state index is 0.115. The zero-order chi connectivity index (χ0) is 22.5. The Morgan fingerprint density at radius 3 is 2.77 bits per heavy atom. The number of rotatable bonds is 3. The number of hydrogen-bond acceptors (Lipinski definition) is 8. The van der Waals surface area contributed by atoms with E-state index in [1.165, 1.54) is 29.2 Å². The predicted octanol–water partition coefficient (Wildman–Crippen LogP) is 5.10. The Hall–Kier alpha value is -2.22. The lowest BCUT2D eigenvalue weighted by Gasteiger charge is -2.42. The summed E-state index contributed by atoms with van der Waals surface area (Å²) in [5.41, 5.74) is 7.63. The predicted molar refractivity (Wildman–Crippen MR) is 123 cm³/mol. The fourth-order valence-corrected chi connectivity index (χ4v) is 5.83. The van der Waals surface area contributed by atoms with Crippen molar-refractivity contribution in [3.05, 3.63) is 56.7 Å². The first-order chi connectivity index (χ1) is 14.7. The highest BCUT2D eigenvalue weighted by molar-refractivity contribution is 9.10. The van der Waals surface area contributed by atoms with E-state index < -0.39 is 11.7 Å². The van der Waals surface area contributed by atoms with E-state index in [-0.39, 0.29) is 28.2 Å². The zero-order valence-corrected chi connectivity index (χ0v) is 20.3. The molecule has 1 aromatic heterocycles. The number of carbonyl (C=O) groups excluding carboxylic acids is 1. The summed E-state index contributed by atoms with van der Waals surface area (Å²) in [5.74, 6) is -1.33. The summed E-state index contributed by atoms with van der Waals surface area (Å²) in [6, 6.07) is 6.65. The molecule has 31 heavy (non-hydrogen) atoms. The van der Waals surface area contributed by atoms with Gasteiger partial charge in [0.25, 0.3) is 0 Å². The van der Waals surface area contributed by atoms with Crippen molar-refractivity contribution in [2.45, 2.75) is 36.9 Å². The number of Topliss-reactive ketones (excluding diaryl/α,β-unsaturated/α-hetero) is 1. The first kappa shape index (κ1) is 22.0. The molecule has 0 saturated carbocycles. The minimum Gasteiger partial charge on any atom is -0.384 e. The highest BCUT2D eigenvalue weighted by Gasteiger charge is 2.46. The molecule has 0 radical (unpaired) electrons. The third-order valence-electron chi connectivity index (χ3n) is 5.41. The van der Waals surface area contributed by atoms with Gasteiger partial charge in [0.15, 0.2) is 10.1 Å². The maximum absolute atomic E-state index is 14.9. The van der Waals surface area contributed by atoms with Crippen LogP contribution in [0, 0.1) is 22.6 Å². The van der Waals surface area contributed by atoms with Crippen molar-refractivity contribution in [2.75, 3.05) is 11.2 Å². The average molecular weight is 520 g/mol. The number of allylic oxidation sites excluding steroid dienone is 3. The maximum Gasteiger partial charge on any atom is 0.219 e. The Bertz CT molecular complexity index is 1200. The smallest absolute Gasteiger partial charge is 0.219 e. The van der Waals surface area contributed by atoms with Crippen LogP contribution >= 0.6 is 39.0 Å². The number of benzene rings is 1. The number of anilines is 1. The molecule has 2 aromatic rings. The lowest BCUT2D eigenvalue weighted by molar-refractivity contribution is -0.118. The Morgan fingerprint density at radius 1 is 1.39 bits per heavy atom. The highest BCUT2D eigenvalue weighted by atomic mass is 79.9. The van der Waals surface area contributed by atoms with Crippen LogP contribution in [0.3, 0.4) is 0 Å². The van der Waals surface area contributed by atoms with E-state index in [0.29, 0.717) is 33.7 Å².